The van der Waals surface area contributed by atoms with Crippen molar-refractivity contribution in [2.24, 2.45) is 0 Å². The molecular weight excluding hydrogens is 249 g/mol. The summed E-state index contributed by atoms with van der Waals surface area (Å²) in [6.07, 6.45) is -0.593. The van der Waals surface area contributed by atoms with E-state index in [1.165, 1.54) is 6.07 Å². The van der Waals surface area contributed by atoms with Crippen LogP contribution < -0.4 is 5.32 Å². The van der Waals surface area contributed by atoms with Gasteiger partial charge in [-0.1, -0.05) is 18.2 Å². The Morgan fingerprint density at radius 3 is 2.89 bits per heavy atom. The fraction of sp³-hybridized carbons (Fsp3) is 0.571. The maximum Gasteiger partial charge on any atom is 0.129 e. The van der Waals surface area contributed by atoms with E-state index in [2.05, 4.69) is 5.32 Å². The van der Waals surface area contributed by atoms with Gasteiger partial charge in [0.2, 0.25) is 0 Å². The maximum atomic E-state index is 13.4. The van der Waals surface area contributed by atoms with Crippen molar-refractivity contribution in [2.45, 2.75) is 31.2 Å². The highest BCUT2D eigenvalue weighted by atomic mass is 19.1. The molecule has 2 rings (SSSR count). The van der Waals surface area contributed by atoms with Crippen LogP contribution in [0.25, 0.3) is 0 Å². The van der Waals surface area contributed by atoms with Crippen LogP contribution in [-0.4, -0.2) is 41.6 Å². The highest BCUT2D eigenvalue weighted by molar-refractivity contribution is 5.20. The van der Waals surface area contributed by atoms with Gasteiger partial charge in [-0.25, -0.2) is 4.39 Å². The second kappa shape index (κ2) is 5.96. The molecule has 0 aliphatic carbocycles. The highest BCUT2D eigenvalue weighted by Crippen LogP contribution is 2.25. The molecule has 5 heteroatoms. The number of halogens is 1. The third-order valence-corrected chi connectivity index (χ3v) is 3.69. The average Bonchev–Trinajstić information content (AvgIpc) is 2.70. The fourth-order valence-electron chi connectivity index (χ4n) is 2.28. The van der Waals surface area contributed by atoms with Crippen LogP contribution in [0.4, 0.5) is 4.39 Å². The van der Waals surface area contributed by atoms with Gasteiger partial charge < -0.3 is 20.3 Å². The van der Waals surface area contributed by atoms with E-state index in [0.29, 0.717) is 19.6 Å². The molecule has 4 nitrogen and oxygen atoms in total. The fourth-order valence-corrected chi connectivity index (χ4v) is 2.28. The molecule has 0 bridgehead atoms. The standard InChI is InChI=1S/C14H20FNO3/c1-10-14(18,6-7-19-10)9-16-8-13(17)11-4-2-3-5-12(11)15/h2-5,10,13,16-18H,6-9H2,1H3. The van der Waals surface area contributed by atoms with Crippen molar-refractivity contribution >= 4 is 0 Å². The van der Waals surface area contributed by atoms with Crippen molar-refractivity contribution in [1.82, 2.24) is 5.32 Å². The van der Waals surface area contributed by atoms with Crippen molar-refractivity contribution in [2.75, 3.05) is 19.7 Å². The van der Waals surface area contributed by atoms with Crippen molar-refractivity contribution in [3.63, 3.8) is 0 Å². The van der Waals surface area contributed by atoms with Crippen LogP contribution in [0.5, 0.6) is 0 Å². The Kier molecular flexibility index (Phi) is 4.52. The molecule has 0 saturated carbocycles. The molecule has 1 aliphatic heterocycles. The summed E-state index contributed by atoms with van der Waals surface area (Å²) in [7, 11) is 0. The minimum absolute atomic E-state index is 0.190. The number of nitrogens with one attached hydrogen (secondary N) is 1. The third-order valence-electron chi connectivity index (χ3n) is 3.69. The van der Waals surface area contributed by atoms with Gasteiger partial charge in [-0.2, -0.15) is 0 Å². The minimum atomic E-state index is -0.928. The number of aliphatic hydroxyl groups excluding tert-OH is 1. The summed E-state index contributed by atoms with van der Waals surface area (Å²) in [6, 6.07) is 6.14. The summed E-state index contributed by atoms with van der Waals surface area (Å²) < 4.78 is 18.8. The quantitative estimate of drug-likeness (QED) is 0.746. The first-order valence-electron chi connectivity index (χ1n) is 6.50. The molecule has 3 atom stereocenters. The molecule has 0 radical (unpaired) electrons. The predicted molar refractivity (Wildman–Crippen MR) is 69.2 cm³/mol. The number of hydrogen-bond acceptors (Lipinski definition) is 4. The van der Waals surface area contributed by atoms with Crippen LogP contribution in [0, 0.1) is 5.82 Å². The van der Waals surface area contributed by atoms with E-state index >= 15 is 0 Å². The summed E-state index contributed by atoms with van der Waals surface area (Å²) in [5.74, 6) is -0.423. The lowest BCUT2D eigenvalue weighted by Crippen LogP contribution is -2.46. The molecule has 3 N–H and O–H groups in total. The first-order chi connectivity index (χ1) is 9.03. The SMILES string of the molecule is CC1OCCC1(O)CNCC(O)c1ccccc1F. The topological polar surface area (TPSA) is 61.7 Å². The van der Waals surface area contributed by atoms with Crippen LogP contribution in [0.15, 0.2) is 24.3 Å². The molecule has 0 amide bonds. The van der Waals surface area contributed by atoms with Crippen LogP contribution >= 0.6 is 0 Å². The van der Waals surface area contributed by atoms with Crippen molar-refractivity contribution in [1.29, 1.82) is 0 Å². The lowest BCUT2D eigenvalue weighted by atomic mass is 9.96. The van der Waals surface area contributed by atoms with Crippen LogP contribution in [0.2, 0.25) is 0 Å². The van der Waals surface area contributed by atoms with Crippen molar-refractivity contribution < 1.29 is 19.3 Å². The van der Waals surface area contributed by atoms with Crippen LogP contribution in [0.1, 0.15) is 25.0 Å². The van der Waals surface area contributed by atoms with Gasteiger partial charge in [-0.3, -0.25) is 0 Å². The van der Waals surface area contributed by atoms with Crippen LogP contribution in [-0.2, 0) is 4.74 Å². The summed E-state index contributed by atoms with van der Waals surface area (Å²) in [4.78, 5) is 0. The monoisotopic (exact) mass is 269 g/mol. The van der Waals surface area contributed by atoms with E-state index in [1.54, 1.807) is 18.2 Å². The van der Waals surface area contributed by atoms with Gasteiger partial charge in [-0.05, 0) is 13.0 Å². The summed E-state index contributed by atoms with van der Waals surface area (Å²) in [5, 5.41) is 23.1. The summed E-state index contributed by atoms with van der Waals surface area (Å²) in [6.45, 7) is 2.87. The number of ether oxygens (including phenoxy) is 1. The minimum Gasteiger partial charge on any atom is -0.387 e. The van der Waals surface area contributed by atoms with E-state index in [1.807, 2.05) is 6.92 Å². The molecule has 3 unspecified atom stereocenters. The Morgan fingerprint density at radius 2 is 2.26 bits per heavy atom. The van der Waals surface area contributed by atoms with Gasteiger partial charge in [0.25, 0.3) is 0 Å². The van der Waals surface area contributed by atoms with E-state index in [0.717, 1.165) is 0 Å². The van der Waals surface area contributed by atoms with E-state index in [9.17, 15) is 14.6 Å². The number of aliphatic hydroxyl groups is 2. The maximum absolute atomic E-state index is 13.4. The highest BCUT2D eigenvalue weighted by Gasteiger charge is 2.39. The zero-order chi connectivity index (χ0) is 13.9. The summed E-state index contributed by atoms with van der Waals surface area (Å²) >= 11 is 0. The van der Waals surface area contributed by atoms with Gasteiger partial charge >= 0.3 is 0 Å². The molecule has 1 fully saturated rings. The lowest BCUT2D eigenvalue weighted by Gasteiger charge is -2.27. The third kappa shape index (κ3) is 3.30. The van der Waals surface area contributed by atoms with Crippen molar-refractivity contribution in [3.8, 4) is 0 Å². The predicted octanol–water partition coefficient (Wildman–Crippen LogP) is 0.989. The molecule has 106 valence electrons. The molecule has 1 aromatic carbocycles. The zero-order valence-corrected chi connectivity index (χ0v) is 11.0. The Labute approximate surface area is 112 Å². The zero-order valence-electron chi connectivity index (χ0n) is 11.0. The molecule has 0 aromatic heterocycles. The van der Waals surface area contributed by atoms with E-state index in [4.69, 9.17) is 4.74 Å². The van der Waals surface area contributed by atoms with E-state index in [-0.39, 0.29) is 18.2 Å². The Morgan fingerprint density at radius 1 is 1.53 bits per heavy atom. The van der Waals surface area contributed by atoms with Gasteiger partial charge in [0, 0.05) is 31.7 Å². The summed E-state index contributed by atoms with van der Waals surface area (Å²) in [5.41, 5.74) is -0.646. The molecule has 1 aliphatic rings. The van der Waals surface area contributed by atoms with Gasteiger partial charge in [0.05, 0.1) is 12.2 Å². The van der Waals surface area contributed by atoms with Crippen LogP contribution in [0.3, 0.4) is 0 Å². The molecule has 0 spiro atoms. The molecule has 1 heterocycles. The Bertz CT molecular complexity index is 429. The Hall–Kier alpha value is -1.01. The van der Waals surface area contributed by atoms with Gasteiger partial charge in [0.1, 0.15) is 11.4 Å². The normalized spacial score (nSPS) is 28.5. The number of hydrogen-bond donors (Lipinski definition) is 3. The number of rotatable bonds is 5. The molecule has 19 heavy (non-hydrogen) atoms. The first kappa shape index (κ1) is 14.4. The smallest absolute Gasteiger partial charge is 0.129 e. The average molecular weight is 269 g/mol. The number of benzene rings is 1. The molecular formula is C14H20FNO3. The van der Waals surface area contributed by atoms with Crippen molar-refractivity contribution in [3.05, 3.63) is 35.6 Å². The molecule has 1 saturated heterocycles. The molecule has 1 aromatic rings. The van der Waals surface area contributed by atoms with Gasteiger partial charge in [0.15, 0.2) is 0 Å². The van der Waals surface area contributed by atoms with Gasteiger partial charge in [-0.15, -0.1) is 0 Å². The van der Waals surface area contributed by atoms with E-state index < -0.39 is 17.5 Å². The first-order valence-corrected chi connectivity index (χ1v) is 6.50. The Balaban J connectivity index is 1.84. The second-order valence-electron chi connectivity index (χ2n) is 5.03. The largest absolute Gasteiger partial charge is 0.387 e. The second-order valence-corrected chi connectivity index (χ2v) is 5.03. The lowest BCUT2D eigenvalue weighted by molar-refractivity contribution is -0.0274.